The van der Waals surface area contributed by atoms with Crippen LogP contribution in [0.25, 0.3) is 0 Å². The van der Waals surface area contributed by atoms with Crippen molar-refractivity contribution in [3.05, 3.63) is 41.5 Å². The Morgan fingerprint density at radius 2 is 1.43 bits per heavy atom. The number of fused-ring (bicyclic) bond motifs is 2. The first-order valence-corrected chi connectivity index (χ1v) is 19.6. The summed E-state index contributed by atoms with van der Waals surface area (Å²) in [4.78, 5) is 46.3. The summed E-state index contributed by atoms with van der Waals surface area (Å²) in [5.41, 5.74) is -1.85. The summed E-state index contributed by atoms with van der Waals surface area (Å²) in [6, 6.07) is 7.25. The summed E-state index contributed by atoms with van der Waals surface area (Å²) < 4.78 is 61.5. The molecule has 2 fully saturated rings. The van der Waals surface area contributed by atoms with Crippen LogP contribution in [0.1, 0.15) is 118 Å². The molecule has 0 aromatic heterocycles. The molecule has 0 radical (unpaired) electrons. The van der Waals surface area contributed by atoms with Crippen molar-refractivity contribution in [1.82, 2.24) is 10.2 Å². The Morgan fingerprint density at radius 3 is 2.00 bits per heavy atom. The maximum atomic E-state index is 14.8. The molecule has 2 aliphatic heterocycles. The van der Waals surface area contributed by atoms with Crippen molar-refractivity contribution >= 4 is 47.1 Å². The summed E-state index contributed by atoms with van der Waals surface area (Å²) >= 11 is 1.16. The second-order valence-electron chi connectivity index (χ2n) is 17.3. The molecule has 1 saturated carbocycles. The molecule has 10 nitrogen and oxygen atoms in total. The molecule has 1 aliphatic carbocycles. The number of hydrogen-bond acceptors (Lipinski definition) is 8. The van der Waals surface area contributed by atoms with Gasteiger partial charge in [-0.2, -0.15) is 13.2 Å². The largest absolute Gasteiger partial charge is 0.444 e. The number of halogens is 3. The predicted octanol–water partition coefficient (Wildman–Crippen LogP) is 10.6. The van der Waals surface area contributed by atoms with Crippen molar-refractivity contribution < 1.29 is 41.8 Å². The number of anilines is 3. The van der Waals surface area contributed by atoms with Gasteiger partial charge >= 0.3 is 24.5 Å². The van der Waals surface area contributed by atoms with E-state index in [0.717, 1.165) is 55.1 Å². The average molecular weight is 777 g/mol. The van der Waals surface area contributed by atoms with E-state index in [1.807, 2.05) is 18.2 Å². The van der Waals surface area contributed by atoms with Crippen LogP contribution in [0.4, 0.5) is 44.6 Å². The number of alkyl halides is 3. The van der Waals surface area contributed by atoms with Crippen LogP contribution < -0.4 is 15.1 Å². The first kappa shape index (κ1) is 41.5. The Kier molecular flexibility index (Phi) is 12.2. The second-order valence-corrected chi connectivity index (χ2v) is 18.4. The van der Waals surface area contributed by atoms with Crippen LogP contribution in [0.3, 0.4) is 0 Å². The molecule has 0 spiro atoms. The zero-order valence-corrected chi connectivity index (χ0v) is 33.8. The van der Waals surface area contributed by atoms with Gasteiger partial charge in [0.1, 0.15) is 16.8 Å². The van der Waals surface area contributed by atoms with E-state index >= 15 is 0 Å². The van der Waals surface area contributed by atoms with E-state index in [4.69, 9.17) is 14.2 Å². The first-order valence-electron chi connectivity index (χ1n) is 18.8. The molecule has 1 saturated heterocycles. The van der Waals surface area contributed by atoms with Crippen LogP contribution in [-0.2, 0) is 20.4 Å². The molecular formula is C40H55F3N4O6S. The number of carbonyl (C=O) groups excluding carboxylic acids is 3. The van der Waals surface area contributed by atoms with Crippen LogP contribution in [0.15, 0.2) is 40.1 Å². The van der Waals surface area contributed by atoms with Gasteiger partial charge in [0.2, 0.25) is 0 Å². The minimum atomic E-state index is -4.75. The highest BCUT2D eigenvalue weighted by Gasteiger charge is 2.43. The van der Waals surface area contributed by atoms with E-state index in [1.165, 1.54) is 9.80 Å². The number of carbonyl (C=O) groups is 3. The number of amides is 3. The lowest BCUT2D eigenvalue weighted by atomic mass is 9.97. The molecule has 14 heteroatoms. The van der Waals surface area contributed by atoms with Gasteiger partial charge in [-0.05, 0) is 124 Å². The molecule has 0 unspecified atom stereocenters. The third kappa shape index (κ3) is 10.6. The summed E-state index contributed by atoms with van der Waals surface area (Å²) in [5.74, 6) is 0.339. The van der Waals surface area contributed by atoms with Crippen molar-refractivity contribution in [3.8, 4) is 0 Å². The lowest BCUT2D eigenvalue weighted by Crippen LogP contribution is -2.50. The third-order valence-corrected chi connectivity index (χ3v) is 10.4. The van der Waals surface area contributed by atoms with Gasteiger partial charge in [0.15, 0.2) is 0 Å². The number of nitrogens with one attached hydrogen (secondary N) is 1. The van der Waals surface area contributed by atoms with Gasteiger partial charge in [-0.3, -0.25) is 4.90 Å². The molecule has 0 atom stereocenters. The van der Waals surface area contributed by atoms with Gasteiger partial charge < -0.3 is 24.4 Å². The minimum Gasteiger partial charge on any atom is -0.444 e. The number of rotatable bonds is 6. The van der Waals surface area contributed by atoms with Crippen molar-refractivity contribution in [1.29, 1.82) is 0 Å². The van der Waals surface area contributed by atoms with E-state index in [-0.39, 0.29) is 16.3 Å². The predicted molar refractivity (Wildman–Crippen MR) is 204 cm³/mol. The third-order valence-electron chi connectivity index (χ3n) is 9.32. The Labute approximate surface area is 321 Å². The Bertz CT molecular complexity index is 1700. The van der Waals surface area contributed by atoms with Crippen LogP contribution in [0, 0.1) is 0 Å². The van der Waals surface area contributed by atoms with Gasteiger partial charge in [0.05, 0.1) is 22.6 Å². The Morgan fingerprint density at radius 1 is 0.815 bits per heavy atom. The fourth-order valence-electron chi connectivity index (χ4n) is 7.08. The number of hydrogen-bond donors (Lipinski definition) is 1. The smallest absolute Gasteiger partial charge is 0.419 e. The standard InChI is InChI=1S/C40H55F3N4O6S/c1-37(2,3)51-34(48)44-18-21-45-19-16-28(17-20-45)46(35(49)52-38(4,5)6)30-23-27(40(41,42)43)24-32-33(30)47(36(50)53-39(7,8)9)29-15-14-26(22-31(29)54-32)25-12-10-11-13-25/h14-15,22-25,28H,10-13,16-21H2,1-9H3,(H,44,48). The van der Waals surface area contributed by atoms with Gasteiger partial charge in [-0.15, -0.1) is 0 Å². The summed E-state index contributed by atoms with van der Waals surface area (Å²) in [7, 11) is 0. The molecule has 5 rings (SSSR count). The monoisotopic (exact) mass is 776 g/mol. The molecule has 0 bridgehead atoms. The number of alkyl carbamates (subject to hydrolysis) is 1. The van der Waals surface area contributed by atoms with Crippen LogP contribution in [-0.4, -0.2) is 72.2 Å². The maximum absolute atomic E-state index is 14.8. The topological polar surface area (TPSA) is 101 Å². The Balaban J connectivity index is 1.57. The van der Waals surface area contributed by atoms with Crippen molar-refractivity contribution in [3.63, 3.8) is 0 Å². The van der Waals surface area contributed by atoms with Gasteiger partial charge in [0.25, 0.3) is 0 Å². The number of piperidine rings is 1. The molecule has 3 amide bonds. The Hall–Kier alpha value is -3.65. The SMILES string of the molecule is CC(C)(C)OC(=O)NCCN1CCC(N(C(=O)OC(C)(C)C)c2cc(C(F)(F)F)cc3c2N(C(=O)OC(C)(C)C)c2ccc(C4CCCC4)cc2S3)CC1. The highest BCUT2D eigenvalue weighted by atomic mass is 32.2. The highest BCUT2D eigenvalue weighted by Crippen LogP contribution is 2.55. The fourth-order valence-corrected chi connectivity index (χ4v) is 8.25. The van der Waals surface area contributed by atoms with Gasteiger partial charge in [0, 0.05) is 42.0 Å². The number of benzene rings is 2. The van der Waals surface area contributed by atoms with Crippen molar-refractivity contribution in [2.75, 3.05) is 36.0 Å². The van der Waals surface area contributed by atoms with E-state index in [0.29, 0.717) is 55.5 Å². The molecule has 2 aromatic rings. The number of ether oxygens (including phenoxy) is 3. The van der Waals surface area contributed by atoms with Crippen LogP contribution in [0.5, 0.6) is 0 Å². The number of likely N-dealkylation sites (tertiary alicyclic amines) is 1. The van der Waals surface area contributed by atoms with Gasteiger partial charge in [-0.25, -0.2) is 19.3 Å². The summed E-state index contributed by atoms with van der Waals surface area (Å²) in [5, 5.41) is 2.76. The number of nitrogens with zero attached hydrogens (tertiary/aromatic N) is 3. The van der Waals surface area contributed by atoms with Crippen LogP contribution >= 0.6 is 11.8 Å². The quantitative estimate of drug-likeness (QED) is 0.290. The minimum absolute atomic E-state index is 0.0806. The van der Waals surface area contributed by atoms with E-state index in [9.17, 15) is 27.6 Å². The lowest BCUT2D eigenvalue weighted by molar-refractivity contribution is -0.137. The fraction of sp³-hybridized carbons (Fsp3) is 0.625. The molecule has 54 heavy (non-hydrogen) atoms. The maximum Gasteiger partial charge on any atom is 0.419 e. The van der Waals surface area contributed by atoms with Crippen molar-refractivity contribution in [2.45, 2.75) is 146 Å². The van der Waals surface area contributed by atoms with E-state index < -0.39 is 52.9 Å². The van der Waals surface area contributed by atoms with E-state index in [1.54, 1.807) is 62.3 Å². The van der Waals surface area contributed by atoms with Crippen LogP contribution in [0.2, 0.25) is 0 Å². The molecular weight excluding hydrogens is 722 g/mol. The average Bonchev–Trinajstić information content (AvgIpc) is 3.56. The molecule has 3 aliphatic rings. The summed E-state index contributed by atoms with van der Waals surface area (Å²) in [6.07, 6.45) is -1.77. The van der Waals surface area contributed by atoms with E-state index in [2.05, 4.69) is 10.2 Å². The first-order chi connectivity index (χ1) is 25.0. The molecule has 2 heterocycles. The normalized spacial score (nSPS) is 17.4. The molecule has 1 N–H and O–H groups in total. The lowest BCUT2D eigenvalue weighted by Gasteiger charge is -2.42. The zero-order chi connectivity index (χ0) is 39.8. The van der Waals surface area contributed by atoms with Crippen molar-refractivity contribution in [2.24, 2.45) is 0 Å². The zero-order valence-electron chi connectivity index (χ0n) is 32.9. The summed E-state index contributed by atoms with van der Waals surface area (Å²) in [6.45, 7) is 17.5. The molecule has 298 valence electrons. The molecule has 2 aromatic carbocycles. The second kappa shape index (κ2) is 15.8. The van der Waals surface area contributed by atoms with Gasteiger partial charge in [-0.1, -0.05) is 30.7 Å². The highest BCUT2D eigenvalue weighted by molar-refractivity contribution is 7.99.